The first-order valence-corrected chi connectivity index (χ1v) is 8.02. The molecule has 0 aliphatic heterocycles. The predicted octanol–water partition coefficient (Wildman–Crippen LogP) is 2.90. The molecule has 4 aromatic rings. The zero-order valence-corrected chi connectivity index (χ0v) is 13.5. The second-order valence-electron chi connectivity index (χ2n) is 5.66. The first-order chi connectivity index (χ1) is 12.3. The lowest BCUT2D eigenvalue weighted by molar-refractivity contribution is 0.283. The third-order valence-electron chi connectivity index (χ3n) is 4.01. The Bertz CT molecular complexity index is 983. The fourth-order valence-corrected chi connectivity index (χ4v) is 2.70. The number of hydrogen-bond acceptors (Lipinski definition) is 5. The molecule has 0 saturated carbocycles. The Hall–Kier alpha value is -3.25. The zero-order valence-electron chi connectivity index (χ0n) is 13.5. The molecular weight excluding hydrogens is 314 g/mol. The number of rotatable bonds is 5. The van der Waals surface area contributed by atoms with E-state index in [0.717, 1.165) is 22.6 Å². The summed E-state index contributed by atoms with van der Waals surface area (Å²) in [7, 11) is 0. The van der Waals surface area contributed by atoms with Gasteiger partial charge in [-0.05, 0) is 17.7 Å². The summed E-state index contributed by atoms with van der Waals surface area (Å²) in [4.78, 5) is 8.72. The lowest BCUT2D eigenvalue weighted by Gasteiger charge is -2.11. The molecule has 0 fully saturated rings. The second kappa shape index (κ2) is 6.70. The Kier molecular flexibility index (Phi) is 4.10. The molecule has 0 spiro atoms. The number of hydrogen-bond donors (Lipinski definition) is 2. The Balaban J connectivity index is 1.77. The van der Waals surface area contributed by atoms with E-state index in [1.807, 2.05) is 48.5 Å². The highest BCUT2D eigenvalue weighted by atomic mass is 16.3. The molecule has 1 aromatic carbocycles. The van der Waals surface area contributed by atoms with E-state index in [-0.39, 0.29) is 6.61 Å². The molecule has 0 bridgehead atoms. The van der Waals surface area contributed by atoms with Crippen LogP contribution in [0.1, 0.15) is 11.1 Å². The maximum Gasteiger partial charge on any atom is 0.163 e. The van der Waals surface area contributed by atoms with Gasteiger partial charge in [0.05, 0.1) is 18.5 Å². The fourth-order valence-electron chi connectivity index (χ4n) is 2.70. The van der Waals surface area contributed by atoms with Crippen molar-refractivity contribution >= 4 is 11.5 Å². The van der Waals surface area contributed by atoms with Gasteiger partial charge >= 0.3 is 0 Å². The van der Waals surface area contributed by atoms with Crippen LogP contribution in [0.2, 0.25) is 0 Å². The van der Waals surface area contributed by atoms with E-state index in [1.54, 1.807) is 23.1 Å². The van der Waals surface area contributed by atoms with Crippen molar-refractivity contribution in [3.05, 3.63) is 78.2 Å². The van der Waals surface area contributed by atoms with Gasteiger partial charge in [0.2, 0.25) is 0 Å². The van der Waals surface area contributed by atoms with E-state index < -0.39 is 0 Å². The minimum absolute atomic E-state index is 0.0987. The molecule has 0 aliphatic rings. The molecule has 25 heavy (non-hydrogen) atoms. The molecule has 0 atom stereocenters. The van der Waals surface area contributed by atoms with Gasteiger partial charge in [-0.1, -0.05) is 30.3 Å². The number of fused-ring (bicyclic) bond motifs is 1. The summed E-state index contributed by atoms with van der Waals surface area (Å²) in [6.07, 6.45) is 5.19. The van der Waals surface area contributed by atoms with E-state index in [1.165, 1.54) is 0 Å². The third-order valence-corrected chi connectivity index (χ3v) is 4.01. The largest absolute Gasteiger partial charge is 0.391 e. The van der Waals surface area contributed by atoms with E-state index in [0.29, 0.717) is 17.8 Å². The Labute approximate surface area is 144 Å². The minimum Gasteiger partial charge on any atom is -0.391 e. The minimum atomic E-state index is -0.0987. The van der Waals surface area contributed by atoms with Gasteiger partial charge in [-0.3, -0.25) is 4.98 Å². The van der Waals surface area contributed by atoms with Crippen LogP contribution in [0.3, 0.4) is 0 Å². The van der Waals surface area contributed by atoms with Gasteiger partial charge in [-0.25, -0.2) is 4.98 Å². The smallest absolute Gasteiger partial charge is 0.163 e. The molecule has 0 saturated heterocycles. The summed E-state index contributed by atoms with van der Waals surface area (Å²) in [5.41, 5.74) is 4.32. The van der Waals surface area contributed by atoms with E-state index in [2.05, 4.69) is 20.4 Å². The van der Waals surface area contributed by atoms with E-state index >= 15 is 0 Å². The summed E-state index contributed by atoms with van der Waals surface area (Å²) in [5.74, 6) is 0.820. The number of benzene rings is 1. The topological polar surface area (TPSA) is 75.3 Å². The van der Waals surface area contributed by atoms with Crippen molar-refractivity contribution in [2.45, 2.75) is 13.2 Å². The monoisotopic (exact) mass is 331 g/mol. The van der Waals surface area contributed by atoms with Crippen LogP contribution >= 0.6 is 0 Å². The molecule has 3 heterocycles. The number of nitrogens with one attached hydrogen (secondary N) is 1. The Morgan fingerprint density at radius 3 is 2.60 bits per heavy atom. The molecule has 124 valence electrons. The second-order valence-corrected chi connectivity index (χ2v) is 5.66. The van der Waals surface area contributed by atoms with Gasteiger partial charge in [-0.2, -0.15) is 9.61 Å². The van der Waals surface area contributed by atoms with Crippen molar-refractivity contribution in [1.82, 2.24) is 19.6 Å². The van der Waals surface area contributed by atoms with Gasteiger partial charge < -0.3 is 10.4 Å². The van der Waals surface area contributed by atoms with Crippen molar-refractivity contribution < 1.29 is 5.11 Å². The van der Waals surface area contributed by atoms with Gasteiger partial charge in [0.1, 0.15) is 5.82 Å². The molecule has 4 rings (SSSR count). The molecular formula is C19H17N5O. The van der Waals surface area contributed by atoms with Crippen molar-refractivity contribution in [2.24, 2.45) is 0 Å². The Morgan fingerprint density at radius 2 is 1.84 bits per heavy atom. The number of aliphatic hydroxyl groups excluding tert-OH is 1. The van der Waals surface area contributed by atoms with Crippen LogP contribution in [-0.4, -0.2) is 24.7 Å². The average molecular weight is 331 g/mol. The van der Waals surface area contributed by atoms with Gasteiger partial charge in [0.25, 0.3) is 0 Å². The Morgan fingerprint density at radius 1 is 1.04 bits per heavy atom. The lowest BCUT2D eigenvalue weighted by atomic mass is 10.1. The highest BCUT2D eigenvalue weighted by Gasteiger charge is 2.12. The van der Waals surface area contributed by atoms with Crippen molar-refractivity contribution in [3.63, 3.8) is 0 Å². The number of aromatic nitrogens is 4. The molecule has 0 radical (unpaired) electrons. The summed E-state index contributed by atoms with van der Waals surface area (Å²) < 4.78 is 1.72. The van der Waals surface area contributed by atoms with Crippen molar-refractivity contribution in [2.75, 3.05) is 5.32 Å². The van der Waals surface area contributed by atoms with Crippen LogP contribution in [0.4, 0.5) is 5.82 Å². The molecule has 0 amide bonds. The van der Waals surface area contributed by atoms with Gasteiger partial charge in [0, 0.05) is 36.1 Å². The van der Waals surface area contributed by atoms with Crippen LogP contribution in [0.25, 0.3) is 16.9 Å². The molecule has 6 heteroatoms. The number of nitrogens with zero attached hydrogens (tertiary/aromatic N) is 4. The molecule has 0 unspecified atom stereocenters. The first-order valence-electron chi connectivity index (χ1n) is 8.02. The highest BCUT2D eigenvalue weighted by Crippen LogP contribution is 2.24. The standard InChI is InChI=1S/C19H17N5O/c25-13-16-12-22-24-18(21-11-14-6-8-20-9-7-14)10-17(23-19(16)24)15-4-2-1-3-5-15/h1-10,12,21,25H,11,13H2. The van der Waals surface area contributed by atoms with Crippen LogP contribution in [0.5, 0.6) is 0 Å². The maximum absolute atomic E-state index is 9.56. The van der Waals surface area contributed by atoms with E-state index in [9.17, 15) is 5.11 Å². The summed E-state index contributed by atoms with van der Waals surface area (Å²) in [5, 5.41) is 17.3. The van der Waals surface area contributed by atoms with Crippen molar-refractivity contribution in [1.29, 1.82) is 0 Å². The zero-order chi connectivity index (χ0) is 17.1. The third kappa shape index (κ3) is 3.07. The average Bonchev–Trinajstić information content (AvgIpc) is 3.11. The lowest BCUT2D eigenvalue weighted by Crippen LogP contribution is -2.07. The van der Waals surface area contributed by atoms with Gasteiger partial charge in [0.15, 0.2) is 5.65 Å². The fraction of sp³-hybridized carbons (Fsp3) is 0.105. The molecule has 3 aromatic heterocycles. The molecule has 2 N–H and O–H groups in total. The summed E-state index contributed by atoms with van der Waals surface area (Å²) in [6.45, 7) is 0.544. The van der Waals surface area contributed by atoms with Crippen LogP contribution in [0, 0.1) is 0 Å². The normalized spacial score (nSPS) is 10.9. The van der Waals surface area contributed by atoms with Gasteiger partial charge in [-0.15, -0.1) is 0 Å². The van der Waals surface area contributed by atoms with Crippen molar-refractivity contribution in [3.8, 4) is 11.3 Å². The number of aliphatic hydroxyl groups is 1. The molecule has 6 nitrogen and oxygen atoms in total. The molecule has 0 aliphatic carbocycles. The highest BCUT2D eigenvalue weighted by molar-refractivity contribution is 5.67. The predicted molar refractivity (Wildman–Crippen MR) is 95.9 cm³/mol. The van der Waals surface area contributed by atoms with E-state index in [4.69, 9.17) is 0 Å². The maximum atomic E-state index is 9.56. The summed E-state index contributed by atoms with van der Waals surface area (Å²) >= 11 is 0. The SMILES string of the molecule is OCc1cnn2c(NCc3ccncc3)cc(-c3ccccc3)nc12. The summed E-state index contributed by atoms with van der Waals surface area (Å²) in [6, 6.07) is 15.9. The quantitative estimate of drug-likeness (QED) is 0.588. The number of pyridine rings is 1. The van der Waals surface area contributed by atoms with Crippen LogP contribution < -0.4 is 5.32 Å². The van der Waals surface area contributed by atoms with Crippen LogP contribution in [0.15, 0.2) is 67.1 Å². The first kappa shape index (κ1) is 15.3. The number of anilines is 1. The van der Waals surface area contributed by atoms with Crippen LogP contribution in [-0.2, 0) is 13.2 Å².